The second-order valence-electron chi connectivity index (χ2n) is 3.93. The average molecular weight is 260 g/mol. The first kappa shape index (κ1) is 13.2. The van der Waals surface area contributed by atoms with Crippen molar-refractivity contribution in [2.45, 2.75) is 6.92 Å². The van der Waals surface area contributed by atoms with Crippen molar-refractivity contribution in [1.29, 1.82) is 0 Å². The smallest absolute Gasteiger partial charge is 0.223 e. The van der Waals surface area contributed by atoms with E-state index in [-0.39, 0.29) is 5.95 Å². The predicted octanol–water partition coefficient (Wildman–Crippen LogP) is 1.45. The molecule has 2 N–H and O–H groups in total. The number of rotatable bonds is 5. The summed E-state index contributed by atoms with van der Waals surface area (Å²) in [4.78, 5) is 12.3. The Bertz CT molecular complexity index is 523. The van der Waals surface area contributed by atoms with Crippen LogP contribution in [0.2, 0.25) is 0 Å². The zero-order valence-electron chi connectivity index (χ0n) is 11.0. The van der Waals surface area contributed by atoms with E-state index in [4.69, 9.17) is 15.2 Å². The first-order valence-corrected chi connectivity index (χ1v) is 5.89. The van der Waals surface area contributed by atoms with Gasteiger partial charge < -0.3 is 15.2 Å². The van der Waals surface area contributed by atoms with Crippen molar-refractivity contribution in [2.75, 3.05) is 26.1 Å². The molecule has 0 radical (unpaired) electrons. The van der Waals surface area contributed by atoms with Gasteiger partial charge in [0.25, 0.3) is 0 Å². The van der Waals surface area contributed by atoms with Crippen LogP contribution in [0, 0.1) is 6.92 Å². The van der Waals surface area contributed by atoms with Crippen molar-refractivity contribution in [3.8, 4) is 17.1 Å². The second kappa shape index (κ2) is 6.10. The number of aryl methyl sites for hydroxylation is 1. The minimum atomic E-state index is 0.225. The first-order chi connectivity index (χ1) is 9.19. The van der Waals surface area contributed by atoms with Crippen LogP contribution < -0.4 is 10.5 Å². The van der Waals surface area contributed by atoms with Crippen LogP contribution in [0.25, 0.3) is 11.4 Å². The van der Waals surface area contributed by atoms with E-state index in [2.05, 4.69) is 15.0 Å². The van der Waals surface area contributed by atoms with Crippen molar-refractivity contribution in [3.63, 3.8) is 0 Å². The Kier molecular flexibility index (Phi) is 4.25. The molecule has 6 heteroatoms. The number of aromatic nitrogens is 3. The molecule has 0 saturated heterocycles. The fraction of sp³-hybridized carbons (Fsp3) is 0.308. The lowest BCUT2D eigenvalue weighted by Gasteiger charge is -2.06. The number of benzene rings is 1. The van der Waals surface area contributed by atoms with Gasteiger partial charge in [0, 0.05) is 12.7 Å². The Morgan fingerprint density at radius 3 is 2.42 bits per heavy atom. The normalized spacial score (nSPS) is 10.4. The van der Waals surface area contributed by atoms with Crippen LogP contribution in [0.15, 0.2) is 24.3 Å². The van der Waals surface area contributed by atoms with E-state index in [0.717, 1.165) is 11.3 Å². The fourth-order valence-electron chi connectivity index (χ4n) is 1.57. The highest BCUT2D eigenvalue weighted by Gasteiger charge is 2.04. The van der Waals surface area contributed by atoms with E-state index >= 15 is 0 Å². The molecule has 6 nitrogen and oxygen atoms in total. The van der Waals surface area contributed by atoms with Gasteiger partial charge in [-0.3, -0.25) is 0 Å². The molecule has 19 heavy (non-hydrogen) atoms. The minimum Gasteiger partial charge on any atom is -0.491 e. The van der Waals surface area contributed by atoms with E-state index in [1.807, 2.05) is 24.3 Å². The van der Waals surface area contributed by atoms with Gasteiger partial charge >= 0.3 is 0 Å². The molecule has 0 spiro atoms. The van der Waals surface area contributed by atoms with Gasteiger partial charge in [-0.05, 0) is 31.2 Å². The van der Waals surface area contributed by atoms with Crippen LogP contribution >= 0.6 is 0 Å². The summed E-state index contributed by atoms with van der Waals surface area (Å²) >= 11 is 0. The largest absolute Gasteiger partial charge is 0.491 e. The summed E-state index contributed by atoms with van der Waals surface area (Å²) in [7, 11) is 1.64. The topological polar surface area (TPSA) is 83.2 Å². The zero-order chi connectivity index (χ0) is 13.7. The Balaban J connectivity index is 2.13. The van der Waals surface area contributed by atoms with Crippen molar-refractivity contribution in [1.82, 2.24) is 15.0 Å². The maximum Gasteiger partial charge on any atom is 0.223 e. The zero-order valence-corrected chi connectivity index (χ0v) is 11.0. The summed E-state index contributed by atoms with van der Waals surface area (Å²) in [5.74, 6) is 2.17. The minimum absolute atomic E-state index is 0.225. The monoisotopic (exact) mass is 260 g/mol. The SMILES string of the molecule is COCCOc1ccc(-c2nc(C)nc(N)n2)cc1. The van der Waals surface area contributed by atoms with Gasteiger partial charge in [-0.25, -0.2) is 4.98 Å². The number of ether oxygens (including phenoxy) is 2. The molecule has 2 rings (SSSR count). The van der Waals surface area contributed by atoms with Gasteiger partial charge in [0.2, 0.25) is 5.95 Å². The molecule has 2 aromatic rings. The summed E-state index contributed by atoms with van der Waals surface area (Å²) in [5.41, 5.74) is 6.48. The predicted molar refractivity (Wildman–Crippen MR) is 71.8 cm³/mol. The Hall–Kier alpha value is -2.21. The van der Waals surface area contributed by atoms with Gasteiger partial charge in [0.15, 0.2) is 5.82 Å². The van der Waals surface area contributed by atoms with Gasteiger partial charge in [-0.2, -0.15) is 9.97 Å². The molecule has 0 unspecified atom stereocenters. The quantitative estimate of drug-likeness (QED) is 0.819. The molecule has 0 atom stereocenters. The Labute approximate surface area is 111 Å². The molecular formula is C13H16N4O2. The van der Waals surface area contributed by atoms with Gasteiger partial charge in [-0.15, -0.1) is 0 Å². The first-order valence-electron chi connectivity index (χ1n) is 5.89. The highest BCUT2D eigenvalue weighted by molar-refractivity contribution is 5.57. The highest BCUT2D eigenvalue weighted by atomic mass is 16.5. The number of hydrogen-bond donors (Lipinski definition) is 1. The third-order valence-corrected chi connectivity index (χ3v) is 2.43. The van der Waals surface area contributed by atoms with Crippen molar-refractivity contribution in [2.24, 2.45) is 0 Å². The van der Waals surface area contributed by atoms with Crippen LogP contribution in [0.1, 0.15) is 5.82 Å². The molecule has 1 aromatic carbocycles. The fourth-order valence-corrected chi connectivity index (χ4v) is 1.57. The summed E-state index contributed by atoms with van der Waals surface area (Å²) in [6, 6.07) is 7.49. The Morgan fingerprint density at radius 2 is 1.79 bits per heavy atom. The molecule has 1 heterocycles. The summed E-state index contributed by atoms with van der Waals surface area (Å²) in [6.45, 7) is 2.86. The van der Waals surface area contributed by atoms with E-state index in [1.165, 1.54) is 0 Å². The lowest BCUT2D eigenvalue weighted by atomic mass is 10.2. The average Bonchev–Trinajstić information content (AvgIpc) is 2.39. The van der Waals surface area contributed by atoms with Crippen LogP contribution in [0.3, 0.4) is 0 Å². The number of hydrogen-bond acceptors (Lipinski definition) is 6. The number of anilines is 1. The van der Waals surface area contributed by atoms with Crippen molar-refractivity contribution >= 4 is 5.95 Å². The van der Waals surface area contributed by atoms with Crippen LogP contribution in [-0.2, 0) is 4.74 Å². The molecule has 1 aromatic heterocycles. The molecule has 0 amide bonds. The standard InChI is InChI=1S/C13H16N4O2/c1-9-15-12(17-13(14)16-9)10-3-5-11(6-4-10)19-8-7-18-2/h3-6H,7-8H2,1-2H3,(H2,14,15,16,17). The molecule has 0 saturated carbocycles. The van der Waals surface area contributed by atoms with Gasteiger partial charge in [0.05, 0.1) is 6.61 Å². The van der Waals surface area contributed by atoms with E-state index in [0.29, 0.717) is 24.9 Å². The maximum absolute atomic E-state index is 5.61. The van der Waals surface area contributed by atoms with Gasteiger partial charge in [-0.1, -0.05) is 0 Å². The van der Waals surface area contributed by atoms with Crippen LogP contribution in [-0.4, -0.2) is 35.3 Å². The summed E-state index contributed by atoms with van der Waals surface area (Å²) in [6.07, 6.45) is 0. The van der Waals surface area contributed by atoms with Crippen molar-refractivity contribution in [3.05, 3.63) is 30.1 Å². The van der Waals surface area contributed by atoms with Crippen LogP contribution in [0.5, 0.6) is 5.75 Å². The molecule has 0 aliphatic heterocycles. The lowest BCUT2D eigenvalue weighted by Crippen LogP contribution is -2.04. The second-order valence-corrected chi connectivity index (χ2v) is 3.93. The molecule has 100 valence electrons. The highest BCUT2D eigenvalue weighted by Crippen LogP contribution is 2.19. The van der Waals surface area contributed by atoms with Gasteiger partial charge in [0.1, 0.15) is 18.2 Å². The summed E-state index contributed by atoms with van der Waals surface area (Å²) < 4.78 is 10.4. The Morgan fingerprint density at radius 1 is 1.05 bits per heavy atom. The number of nitrogens with zero attached hydrogens (tertiary/aromatic N) is 3. The van der Waals surface area contributed by atoms with E-state index < -0.39 is 0 Å². The lowest BCUT2D eigenvalue weighted by molar-refractivity contribution is 0.146. The number of nitrogens with two attached hydrogens (primary N) is 1. The number of methoxy groups -OCH3 is 1. The number of nitrogen functional groups attached to an aromatic ring is 1. The molecule has 0 aliphatic carbocycles. The molecule has 0 fully saturated rings. The molecular weight excluding hydrogens is 244 g/mol. The third kappa shape index (κ3) is 3.62. The molecule has 0 bridgehead atoms. The van der Waals surface area contributed by atoms with Crippen LogP contribution in [0.4, 0.5) is 5.95 Å². The van der Waals surface area contributed by atoms with E-state index in [1.54, 1.807) is 14.0 Å². The summed E-state index contributed by atoms with van der Waals surface area (Å²) in [5, 5.41) is 0. The van der Waals surface area contributed by atoms with E-state index in [9.17, 15) is 0 Å². The maximum atomic E-state index is 5.61. The third-order valence-electron chi connectivity index (χ3n) is 2.43. The van der Waals surface area contributed by atoms with Crippen molar-refractivity contribution < 1.29 is 9.47 Å². The molecule has 0 aliphatic rings.